The van der Waals surface area contributed by atoms with E-state index in [0.29, 0.717) is 11.2 Å². The highest BCUT2D eigenvalue weighted by atomic mass is 32.3. The SMILES string of the molecule is Cc1[nH]nc2cc(N3CC(S(=O)(=O)F)CC3=O)ccc12. The van der Waals surface area contributed by atoms with Crippen molar-refractivity contribution in [2.24, 2.45) is 0 Å². The van der Waals surface area contributed by atoms with Gasteiger partial charge in [-0.05, 0) is 25.1 Å². The molecule has 1 unspecified atom stereocenters. The number of halogens is 1. The van der Waals surface area contributed by atoms with Gasteiger partial charge in [0, 0.05) is 29.7 Å². The average molecular weight is 297 g/mol. The van der Waals surface area contributed by atoms with Crippen LogP contribution in [0.25, 0.3) is 10.9 Å². The number of rotatable bonds is 2. The molecule has 0 radical (unpaired) electrons. The summed E-state index contributed by atoms with van der Waals surface area (Å²) in [6, 6.07) is 5.19. The standard InChI is InChI=1S/C12H12FN3O3S/c1-7-10-3-2-8(4-11(10)15-14-7)16-6-9(5-12(16)17)20(13,18)19/h2-4,9H,5-6H2,1H3,(H,14,15). The minimum Gasteiger partial charge on any atom is -0.311 e. The zero-order chi connectivity index (χ0) is 14.5. The van der Waals surface area contributed by atoms with Crippen LogP contribution in [-0.2, 0) is 15.0 Å². The predicted molar refractivity (Wildman–Crippen MR) is 71.6 cm³/mol. The number of anilines is 1. The largest absolute Gasteiger partial charge is 0.311 e. The quantitative estimate of drug-likeness (QED) is 0.846. The number of carbonyl (C=O) groups excluding carboxylic acids is 1. The van der Waals surface area contributed by atoms with E-state index < -0.39 is 21.4 Å². The maximum Gasteiger partial charge on any atom is 0.307 e. The molecule has 1 aromatic carbocycles. The van der Waals surface area contributed by atoms with E-state index in [1.54, 1.807) is 18.2 Å². The number of nitrogens with zero attached hydrogens (tertiary/aromatic N) is 2. The molecule has 0 spiro atoms. The Morgan fingerprint density at radius 2 is 2.20 bits per heavy atom. The second-order valence-electron chi connectivity index (χ2n) is 4.86. The van der Waals surface area contributed by atoms with E-state index >= 15 is 0 Å². The first-order chi connectivity index (χ1) is 9.36. The van der Waals surface area contributed by atoms with Crippen molar-refractivity contribution in [2.45, 2.75) is 18.6 Å². The molecule has 1 aliphatic heterocycles. The van der Waals surface area contributed by atoms with Gasteiger partial charge in [-0.25, -0.2) is 0 Å². The minimum absolute atomic E-state index is 0.160. The predicted octanol–water partition coefficient (Wildman–Crippen LogP) is 1.28. The van der Waals surface area contributed by atoms with Gasteiger partial charge in [0.2, 0.25) is 5.91 Å². The molecule has 2 heterocycles. The van der Waals surface area contributed by atoms with Crippen LogP contribution in [0.5, 0.6) is 0 Å². The molecule has 3 rings (SSSR count). The van der Waals surface area contributed by atoms with Gasteiger partial charge in [-0.3, -0.25) is 9.89 Å². The molecule has 0 aliphatic carbocycles. The Labute approximate surface area is 114 Å². The third-order valence-electron chi connectivity index (χ3n) is 3.53. The lowest BCUT2D eigenvalue weighted by Gasteiger charge is -2.15. The van der Waals surface area contributed by atoms with Crippen molar-refractivity contribution >= 4 is 32.7 Å². The Hall–Kier alpha value is -1.96. The topological polar surface area (TPSA) is 83.1 Å². The fourth-order valence-electron chi connectivity index (χ4n) is 2.41. The molecule has 0 saturated carbocycles. The summed E-state index contributed by atoms with van der Waals surface area (Å²) in [4.78, 5) is 13.1. The van der Waals surface area contributed by atoms with E-state index in [2.05, 4.69) is 10.2 Å². The highest BCUT2D eigenvalue weighted by Crippen LogP contribution is 2.28. The van der Waals surface area contributed by atoms with Crippen LogP contribution in [0.2, 0.25) is 0 Å². The lowest BCUT2D eigenvalue weighted by Crippen LogP contribution is -2.26. The number of aromatic nitrogens is 2. The summed E-state index contributed by atoms with van der Waals surface area (Å²) in [6.07, 6.45) is -0.323. The van der Waals surface area contributed by atoms with Crippen LogP contribution in [-0.4, -0.2) is 36.3 Å². The second kappa shape index (κ2) is 4.27. The molecule has 1 amide bonds. The van der Waals surface area contributed by atoms with Crippen molar-refractivity contribution < 1.29 is 17.1 Å². The van der Waals surface area contributed by atoms with Crippen LogP contribution in [0.15, 0.2) is 18.2 Å². The van der Waals surface area contributed by atoms with Gasteiger partial charge in [0.15, 0.2) is 0 Å². The Balaban J connectivity index is 1.97. The highest BCUT2D eigenvalue weighted by Gasteiger charge is 2.39. The van der Waals surface area contributed by atoms with Crippen LogP contribution in [0.1, 0.15) is 12.1 Å². The van der Waals surface area contributed by atoms with Crippen LogP contribution in [0.3, 0.4) is 0 Å². The minimum atomic E-state index is -4.70. The molecule has 1 saturated heterocycles. The van der Waals surface area contributed by atoms with E-state index in [4.69, 9.17) is 0 Å². The number of aromatic amines is 1. The molecule has 2 aromatic rings. The maximum absolute atomic E-state index is 13.0. The molecule has 0 bridgehead atoms. The zero-order valence-electron chi connectivity index (χ0n) is 10.6. The number of amides is 1. The van der Waals surface area contributed by atoms with Crippen molar-refractivity contribution in [3.8, 4) is 0 Å². The van der Waals surface area contributed by atoms with Gasteiger partial charge < -0.3 is 4.90 Å². The molecule has 8 heteroatoms. The van der Waals surface area contributed by atoms with Crippen molar-refractivity contribution in [2.75, 3.05) is 11.4 Å². The average Bonchev–Trinajstić information content (AvgIpc) is 2.93. The van der Waals surface area contributed by atoms with Crippen molar-refractivity contribution in [1.29, 1.82) is 0 Å². The molecule has 20 heavy (non-hydrogen) atoms. The first-order valence-electron chi connectivity index (χ1n) is 6.05. The first-order valence-corrected chi connectivity index (χ1v) is 7.49. The molecule has 1 aromatic heterocycles. The molecular weight excluding hydrogens is 285 g/mol. The molecule has 1 aliphatic rings. The van der Waals surface area contributed by atoms with Gasteiger partial charge >= 0.3 is 10.2 Å². The molecule has 106 valence electrons. The number of nitrogens with one attached hydrogen (secondary N) is 1. The van der Waals surface area contributed by atoms with Gasteiger partial charge in [-0.1, -0.05) is 0 Å². The summed E-state index contributed by atoms with van der Waals surface area (Å²) in [5.74, 6) is -0.400. The monoisotopic (exact) mass is 297 g/mol. The Morgan fingerprint density at radius 3 is 2.85 bits per heavy atom. The smallest absolute Gasteiger partial charge is 0.307 e. The number of hydrogen-bond acceptors (Lipinski definition) is 4. The summed E-state index contributed by atoms with van der Waals surface area (Å²) in [5.41, 5.74) is 2.11. The molecule has 1 N–H and O–H groups in total. The normalized spacial score (nSPS) is 20.0. The third kappa shape index (κ3) is 2.05. The number of H-pyrrole nitrogens is 1. The van der Waals surface area contributed by atoms with E-state index in [1.165, 1.54) is 4.90 Å². The summed E-state index contributed by atoms with van der Waals surface area (Å²) in [6.45, 7) is 1.72. The van der Waals surface area contributed by atoms with Crippen LogP contribution in [0.4, 0.5) is 9.57 Å². The van der Waals surface area contributed by atoms with E-state index in [0.717, 1.165) is 11.1 Å². The lowest BCUT2D eigenvalue weighted by atomic mass is 10.2. The maximum atomic E-state index is 13.0. The van der Waals surface area contributed by atoms with E-state index in [-0.39, 0.29) is 13.0 Å². The van der Waals surface area contributed by atoms with E-state index in [1.807, 2.05) is 6.92 Å². The van der Waals surface area contributed by atoms with Gasteiger partial charge in [-0.2, -0.15) is 13.5 Å². The molecule has 1 fully saturated rings. The van der Waals surface area contributed by atoms with Crippen molar-refractivity contribution in [1.82, 2.24) is 10.2 Å². The van der Waals surface area contributed by atoms with Crippen molar-refractivity contribution in [3.05, 3.63) is 23.9 Å². The molecule has 1 atom stereocenters. The summed E-state index contributed by atoms with van der Waals surface area (Å²) in [7, 11) is -4.70. The third-order valence-corrected chi connectivity index (χ3v) is 4.64. The van der Waals surface area contributed by atoms with Crippen molar-refractivity contribution in [3.63, 3.8) is 0 Å². The summed E-state index contributed by atoms with van der Waals surface area (Å²) < 4.78 is 34.8. The summed E-state index contributed by atoms with van der Waals surface area (Å²) >= 11 is 0. The van der Waals surface area contributed by atoms with Gasteiger partial charge in [0.05, 0.1) is 5.52 Å². The molecule has 6 nitrogen and oxygen atoms in total. The lowest BCUT2D eigenvalue weighted by molar-refractivity contribution is -0.117. The van der Waals surface area contributed by atoms with E-state index in [9.17, 15) is 17.1 Å². The van der Waals surface area contributed by atoms with Crippen LogP contribution in [0, 0.1) is 6.92 Å². The van der Waals surface area contributed by atoms with Crippen LogP contribution < -0.4 is 4.90 Å². The fraction of sp³-hybridized carbons (Fsp3) is 0.333. The highest BCUT2D eigenvalue weighted by molar-refractivity contribution is 7.87. The number of fused-ring (bicyclic) bond motifs is 1. The summed E-state index contributed by atoms with van der Waals surface area (Å²) in [5, 5.41) is 6.56. The second-order valence-corrected chi connectivity index (χ2v) is 6.47. The van der Waals surface area contributed by atoms with Crippen LogP contribution >= 0.6 is 0 Å². The number of aryl methyl sites for hydroxylation is 1. The first kappa shape index (κ1) is 13.0. The number of hydrogen-bond donors (Lipinski definition) is 1. The van der Waals surface area contributed by atoms with Gasteiger partial charge in [0.1, 0.15) is 5.25 Å². The fourth-order valence-corrected chi connectivity index (χ4v) is 3.08. The number of benzene rings is 1. The van der Waals surface area contributed by atoms with Gasteiger partial charge in [-0.15, -0.1) is 3.89 Å². The Kier molecular flexibility index (Phi) is 2.79. The molecular formula is C12H12FN3O3S. The number of carbonyl (C=O) groups is 1. The Morgan fingerprint density at radius 1 is 1.45 bits per heavy atom. The zero-order valence-corrected chi connectivity index (χ0v) is 11.4. The van der Waals surface area contributed by atoms with Gasteiger partial charge in [0.25, 0.3) is 0 Å². The Bertz CT molecular complexity index is 799.